The first-order valence-corrected chi connectivity index (χ1v) is 5.17. The van der Waals surface area contributed by atoms with Crippen LogP contribution >= 0.6 is 0 Å². The summed E-state index contributed by atoms with van der Waals surface area (Å²) < 4.78 is 0. The molecule has 0 spiro atoms. The van der Waals surface area contributed by atoms with E-state index < -0.39 is 0 Å². The van der Waals surface area contributed by atoms with Gasteiger partial charge in [0.15, 0.2) is 0 Å². The lowest BCUT2D eigenvalue weighted by Crippen LogP contribution is -2.18. The number of pyridine rings is 1. The van der Waals surface area contributed by atoms with Gasteiger partial charge in [0.2, 0.25) is 0 Å². The lowest BCUT2D eigenvalue weighted by Gasteiger charge is -2.05. The maximum absolute atomic E-state index is 5.78. The average Bonchev–Trinajstić information content (AvgIpc) is 2.86. The van der Waals surface area contributed by atoms with E-state index in [1.165, 1.54) is 6.42 Å². The summed E-state index contributed by atoms with van der Waals surface area (Å²) in [5.74, 6) is 1.78. The zero-order valence-electron chi connectivity index (χ0n) is 8.53. The number of nitrogens with zero attached hydrogens (tertiary/aromatic N) is 1. The Labute approximate surface area is 84.7 Å². The summed E-state index contributed by atoms with van der Waals surface area (Å²) in [6.07, 6.45) is 3.15. The molecule has 1 heterocycles. The van der Waals surface area contributed by atoms with Crippen LogP contribution in [-0.2, 0) is 6.54 Å². The van der Waals surface area contributed by atoms with E-state index >= 15 is 0 Å². The molecule has 0 aliphatic heterocycles. The van der Waals surface area contributed by atoms with E-state index in [0.29, 0.717) is 0 Å². The van der Waals surface area contributed by atoms with Crippen LogP contribution < -0.4 is 11.1 Å². The molecule has 2 atom stereocenters. The van der Waals surface area contributed by atoms with Gasteiger partial charge in [-0.15, -0.1) is 0 Å². The van der Waals surface area contributed by atoms with Crippen LogP contribution in [0.4, 0.5) is 5.69 Å². The van der Waals surface area contributed by atoms with Crippen LogP contribution in [0.15, 0.2) is 18.3 Å². The van der Waals surface area contributed by atoms with Crippen LogP contribution in [0.5, 0.6) is 0 Å². The van der Waals surface area contributed by atoms with Crippen LogP contribution in [0.1, 0.15) is 19.0 Å². The molecule has 1 aromatic heterocycles. The van der Waals surface area contributed by atoms with Gasteiger partial charge in [-0.2, -0.15) is 0 Å². The predicted molar refractivity (Wildman–Crippen MR) is 57.6 cm³/mol. The summed E-state index contributed by atoms with van der Waals surface area (Å²) in [4.78, 5) is 4.23. The van der Waals surface area contributed by atoms with Crippen molar-refractivity contribution in [2.45, 2.75) is 19.9 Å². The largest absolute Gasteiger partial charge is 0.397 e. The quantitative estimate of drug-likeness (QED) is 0.756. The average molecular weight is 191 g/mol. The van der Waals surface area contributed by atoms with Crippen LogP contribution in [0.2, 0.25) is 0 Å². The van der Waals surface area contributed by atoms with Gasteiger partial charge in [0.25, 0.3) is 0 Å². The van der Waals surface area contributed by atoms with Crippen molar-refractivity contribution in [3.05, 3.63) is 24.0 Å². The number of nitrogens with two attached hydrogens (primary N) is 1. The first-order valence-electron chi connectivity index (χ1n) is 5.17. The van der Waals surface area contributed by atoms with E-state index in [1.54, 1.807) is 6.20 Å². The number of anilines is 1. The Morgan fingerprint density at radius 3 is 3.07 bits per heavy atom. The maximum Gasteiger partial charge on any atom is 0.0770 e. The van der Waals surface area contributed by atoms with Gasteiger partial charge < -0.3 is 11.1 Å². The highest BCUT2D eigenvalue weighted by Gasteiger charge is 2.31. The third-order valence-electron chi connectivity index (χ3n) is 2.90. The normalized spacial score (nSPS) is 24.9. The van der Waals surface area contributed by atoms with Gasteiger partial charge in [-0.25, -0.2) is 0 Å². The Balaban J connectivity index is 1.77. The van der Waals surface area contributed by atoms with E-state index in [0.717, 1.165) is 36.3 Å². The number of rotatable bonds is 4. The topological polar surface area (TPSA) is 50.9 Å². The summed E-state index contributed by atoms with van der Waals surface area (Å²) >= 11 is 0. The molecular weight excluding hydrogens is 174 g/mol. The lowest BCUT2D eigenvalue weighted by atomic mass is 10.3. The maximum atomic E-state index is 5.78. The van der Waals surface area contributed by atoms with Gasteiger partial charge in [0.1, 0.15) is 0 Å². The molecular formula is C11H17N3. The summed E-state index contributed by atoms with van der Waals surface area (Å²) in [7, 11) is 0. The van der Waals surface area contributed by atoms with Crippen LogP contribution in [0.3, 0.4) is 0 Å². The highest BCUT2D eigenvalue weighted by molar-refractivity contribution is 5.41. The second kappa shape index (κ2) is 3.96. The van der Waals surface area contributed by atoms with Crippen molar-refractivity contribution in [3.8, 4) is 0 Å². The Kier molecular flexibility index (Phi) is 2.68. The molecule has 1 fully saturated rings. The van der Waals surface area contributed by atoms with Crippen molar-refractivity contribution in [1.82, 2.24) is 10.3 Å². The molecule has 76 valence electrons. The first kappa shape index (κ1) is 9.46. The summed E-state index contributed by atoms with van der Waals surface area (Å²) in [5, 5.41) is 3.39. The van der Waals surface area contributed by atoms with Gasteiger partial charge in [-0.05, 0) is 36.9 Å². The molecule has 0 radical (unpaired) electrons. The van der Waals surface area contributed by atoms with Gasteiger partial charge in [-0.1, -0.05) is 6.92 Å². The molecule has 1 saturated carbocycles. The van der Waals surface area contributed by atoms with Crippen molar-refractivity contribution < 1.29 is 0 Å². The second-order valence-corrected chi connectivity index (χ2v) is 4.14. The zero-order chi connectivity index (χ0) is 9.97. The molecule has 2 unspecified atom stereocenters. The molecule has 2 rings (SSSR count). The van der Waals surface area contributed by atoms with Crippen molar-refractivity contribution >= 4 is 5.69 Å². The minimum Gasteiger partial charge on any atom is -0.397 e. The van der Waals surface area contributed by atoms with Crippen molar-refractivity contribution in [2.24, 2.45) is 11.8 Å². The number of hydrogen-bond donors (Lipinski definition) is 2. The molecule has 3 nitrogen and oxygen atoms in total. The van der Waals surface area contributed by atoms with E-state index in [1.807, 2.05) is 12.1 Å². The fraction of sp³-hybridized carbons (Fsp3) is 0.545. The number of nitrogens with one attached hydrogen (secondary N) is 1. The summed E-state index contributed by atoms with van der Waals surface area (Å²) in [5.41, 5.74) is 7.52. The fourth-order valence-electron chi connectivity index (χ4n) is 1.66. The molecule has 0 bridgehead atoms. The van der Waals surface area contributed by atoms with E-state index in [9.17, 15) is 0 Å². The molecule has 1 aromatic rings. The van der Waals surface area contributed by atoms with Gasteiger partial charge in [0, 0.05) is 12.7 Å². The third-order valence-corrected chi connectivity index (χ3v) is 2.90. The molecule has 14 heavy (non-hydrogen) atoms. The minimum absolute atomic E-state index is 0.781. The molecule has 1 aliphatic carbocycles. The SMILES string of the molecule is CC1CC1CNCc1ncccc1N. The number of aromatic nitrogens is 1. The van der Waals surface area contributed by atoms with Crippen LogP contribution in [-0.4, -0.2) is 11.5 Å². The highest BCUT2D eigenvalue weighted by atomic mass is 14.9. The summed E-state index contributed by atoms with van der Waals surface area (Å²) in [6.45, 7) is 4.18. The van der Waals surface area contributed by atoms with Crippen molar-refractivity contribution in [2.75, 3.05) is 12.3 Å². The smallest absolute Gasteiger partial charge is 0.0770 e. The Morgan fingerprint density at radius 2 is 2.43 bits per heavy atom. The Bertz CT molecular complexity index is 311. The molecule has 3 heteroatoms. The third kappa shape index (κ3) is 2.23. The minimum atomic E-state index is 0.781. The van der Waals surface area contributed by atoms with Crippen LogP contribution in [0.25, 0.3) is 0 Å². The van der Waals surface area contributed by atoms with Crippen molar-refractivity contribution in [3.63, 3.8) is 0 Å². The zero-order valence-corrected chi connectivity index (χ0v) is 8.53. The monoisotopic (exact) mass is 191 g/mol. The van der Waals surface area contributed by atoms with Gasteiger partial charge in [0.05, 0.1) is 11.4 Å². The molecule has 0 amide bonds. The molecule has 3 N–H and O–H groups in total. The summed E-state index contributed by atoms with van der Waals surface area (Å²) in [6, 6.07) is 3.76. The Morgan fingerprint density at radius 1 is 1.64 bits per heavy atom. The predicted octanol–water partition coefficient (Wildman–Crippen LogP) is 1.41. The first-order chi connectivity index (χ1) is 6.77. The highest BCUT2D eigenvalue weighted by Crippen LogP contribution is 2.36. The van der Waals surface area contributed by atoms with E-state index in [4.69, 9.17) is 5.73 Å². The van der Waals surface area contributed by atoms with E-state index in [2.05, 4.69) is 17.2 Å². The molecule has 0 saturated heterocycles. The second-order valence-electron chi connectivity index (χ2n) is 4.14. The van der Waals surface area contributed by atoms with Crippen LogP contribution in [0, 0.1) is 11.8 Å². The van der Waals surface area contributed by atoms with Crippen molar-refractivity contribution in [1.29, 1.82) is 0 Å². The lowest BCUT2D eigenvalue weighted by molar-refractivity contribution is 0.606. The number of nitrogen functional groups attached to an aromatic ring is 1. The Hall–Kier alpha value is -1.09. The fourth-order valence-corrected chi connectivity index (χ4v) is 1.66. The molecule has 0 aromatic carbocycles. The van der Waals surface area contributed by atoms with E-state index in [-0.39, 0.29) is 0 Å². The standard InChI is InChI=1S/C11H17N3/c1-8-5-9(8)6-13-7-11-10(12)3-2-4-14-11/h2-4,8-9,13H,5-7,12H2,1H3. The van der Waals surface area contributed by atoms with Gasteiger partial charge >= 0.3 is 0 Å². The number of hydrogen-bond acceptors (Lipinski definition) is 3. The molecule has 1 aliphatic rings. The van der Waals surface area contributed by atoms with Gasteiger partial charge in [-0.3, -0.25) is 4.98 Å².